The van der Waals surface area contributed by atoms with E-state index in [-0.39, 0.29) is 0 Å². The van der Waals surface area contributed by atoms with Gasteiger partial charge in [-0.05, 0) is 19.0 Å². The molecule has 0 saturated carbocycles. The van der Waals surface area contributed by atoms with E-state index in [0.29, 0.717) is 5.88 Å². The lowest BCUT2D eigenvalue weighted by molar-refractivity contribution is 0.490. The van der Waals surface area contributed by atoms with Gasteiger partial charge in [-0.2, -0.15) is 0 Å². The summed E-state index contributed by atoms with van der Waals surface area (Å²) in [5, 5.41) is 3.32. The Balaban J connectivity index is 1.99. The summed E-state index contributed by atoms with van der Waals surface area (Å²) in [4.78, 5) is 0. The average molecular weight is 196 g/mol. The molecule has 0 amide bonds. The minimum Gasteiger partial charge on any atom is -0.445 e. The normalized spacial score (nSPS) is 10.6. The maximum Gasteiger partial charge on any atom is 0.190 e. The molecule has 0 radical (unpaired) electrons. The van der Waals surface area contributed by atoms with Gasteiger partial charge in [0.2, 0.25) is 0 Å². The van der Waals surface area contributed by atoms with Crippen molar-refractivity contribution in [3.8, 4) is 0 Å². The Morgan fingerprint density at radius 3 is 2.79 bits per heavy atom. The van der Waals surface area contributed by atoms with E-state index < -0.39 is 0 Å². The van der Waals surface area contributed by atoms with Crippen LogP contribution >= 0.6 is 0 Å². The number of rotatable bonds is 7. The highest BCUT2D eigenvalue weighted by molar-refractivity contribution is 5.25. The summed E-state index contributed by atoms with van der Waals surface area (Å²) in [5.41, 5.74) is 5.45. The van der Waals surface area contributed by atoms with Crippen LogP contribution in [0.25, 0.3) is 0 Å². The summed E-state index contributed by atoms with van der Waals surface area (Å²) in [7, 11) is 0. The van der Waals surface area contributed by atoms with Crippen LogP contribution in [0.1, 0.15) is 38.4 Å². The van der Waals surface area contributed by atoms with E-state index in [1.54, 1.807) is 6.07 Å². The van der Waals surface area contributed by atoms with Gasteiger partial charge in [0.15, 0.2) is 5.88 Å². The predicted octanol–water partition coefficient (Wildman–Crippen LogP) is 2.53. The second-order valence-corrected chi connectivity index (χ2v) is 3.54. The van der Waals surface area contributed by atoms with Gasteiger partial charge in [0.05, 0.1) is 6.54 Å². The molecule has 0 fully saturated rings. The van der Waals surface area contributed by atoms with Crippen LogP contribution in [0.3, 0.4) is 0 Å². The molecule has 0 aliphatic heterocycles. The third-order valence-electron chi connectivity index (χ3n) is 2.19. The number of furan rings is 1. The molecule has 3 nitrogen and oxygen atoms in total. The molecule has 1 aromatic heterocycles. The minimum atomic E-state index is 0.493. The molecular formula is C11H20N2O. The number of unbranched alkanes of at least 4 members (excludes halogenated alkanes) is 3. The van der Waals surface area contributed by atoms with Crippen LogP contribution in [0.2, 0.25) is 0 Å². The maximum absolute atomic E-state index is 5.45. The molecule has 0 saturated heterocycles. The fourth-order valence-corrected chi connectivity index (χ4v) is 1.38. The Hall–Kier alpha value is -0.960. The maximum atomic E-state index is 5.45. The highest BCUT2D eigenvalue weighted by Gasteiger charge is 1.97. The monoisotopic (exact) mass is 196 g/mol. The lowest BCUT2D eigenvalue weighted by Crippen LogP contribution is -2.14. The van der Waals surface area contributed by atoms with E-state index in [0.717, 1.165) is 18.8 Å². The molecular weight excluding hydrogens is 176 g/mol. The van der Waals surface area contributed by atoms with Crippen LogP contribution in [0.15, 0.2) is 16.5 Å². The summed E-state index contributed by atoms with van der Waals surface area (Å²) >= 11 is 0. The summed E-state index contributed by atoms with van der Waals surface area (Å²) in [6.07, 6.45) is 5.16. The van der Waals surface area contributed by atoms with Gasteiger partial charge in [-0.3, -0.25) is 0 Å². The molecule has 3 N–H and O–H groups in total. The summed E-state index contributed by atoms with van der Waals surface area (Å²) in [6.45, 7) is 4.06. The molecule has 0 bridgehead atoms. The van der Waals surface area contributed by atoms with Crippen molar-refractivity contribution in [2.45, 2.75) is 39.2 Å². The highest BCUT2D eigenvalue weighted by atomic mass is 16.4. The predicted molar refractivity (Wildman–Crippen MR) is 59.0 cm³/mol. The smallest absolute Gasteiger partial charge is 0.190 e. The molecule has 0 aliphatic carbocycles. The van der Waals surface area contributed by atoms with Gasteiger partial charge in [-0.25, -0.2) is 0 Å². The Morgan fingerprint density at radius 1 is 1.29 bits per heavy atom. The van der Waals surface area contributed by atoms with E-state index in [1.165, 1.54) is 25.7 Å². The fraction of sp³-hybridized carbons (Fsp3) is 0.636. The highest BCUT2D eigenvalue weighted by Crippen LogP contribution is 2.08. The van der Waals surface area contributed by atoms with Gasteiger partial charge in [-0.1, -0.05) is 26.2 Å². The van der Waals surface area contributed by atoms with Crippen molar-refractivity contribution in [3.05, 3.63) is 17.9 Å². The van der Waals surface area contributed by atoms with Crippen molar-refractivity contribution < 1.29 is 4.42 Å². The Morgan fingerprint density at radius 2 is 2.14 bits per heavy atom. The molecule has 80 valence electrons. The van der Waals surface area contributed by atoms with Crippen LogP contribution in [0, 0.1) is 0 Å². The number of anilines is 1. The van der Waals surface area contributed by atoms with E-state index in [9.17, 15) is 0 Å². The summed E-state index contributed by atoms with van der Waals surface area (Å²) in [6, 6.07) is 3.70. The Kier molecular flexibility index (Phi) is 5.15. The third-order valence-corrected chi connectivity index (χ3v) is 2.19. The van der Waals surface area contributed by atoms with Crippen molar-refractivity contribution in [1.29, 1.82) is 0 Å². The van der Waals surface area contributed by atoms with Gasteiger partial charge in [0.1, 0.15) is 5.76 Å². The lowest BCUT2D eigenvalue weighted by atomic mass is 10.2. The molecule has 0 unspecified atom stereocenters. The van der Waals surface area contributed by atoms with Crippen molar-refractivity contribution in [3.63, 3.8) is 0 Å². The number of hydrogen-bond donors (Lipinski definition) is 2. The molecule has 3 heteroatoms. The fourth-order valence-electron chi connectivity index (χ4n) is 1.38. The molecule has 1 rings (SSSR count). The Labute approximate surface area is 85.7 Å². The molecule has 14 heavy (non-hydrogen) atoms. The zero-order valence-corrected chi connectivity index (χ0v) is 8.88. The van der Waals surface area contributed by atoms with Crippen LogP contribution in [-0.2, 0) is 6.54 Å². The van der Waals surface area contributed by atoms with Crippen molar-refractivity contribution in [1.82, 2.24) is 5.32 Å². The second-order valence-electron chi connectivity index (χ2n) is 3.54. The van der Waals surface area contributed by atoms with E-state index in [2.05, 4.69) is 12.2 Å². The van der Waals surface area contributed by atoms with Gasteiger partial charge in [0.25, 0.3) is 0 Å². The first kappa shape index (κ1) is 11.1. The SMILES string of the molecule is CCCCCCNCc1ccc(N)o1. The van der Waals surface area contributed by atoms with Gasteiger partial charge in [0, 0.05) is 6.07 Å². The molecule has 0 aliphatic rings. The standard InChI is InChI=1S/C11H20N2O/c1-2-3-4-5-8-13-9-10-6-7-11(12)14-10/h6-7,13H,2-5,8-9,12H2,1H3. The van der Waals surface area contributed by atoms with Gasteiger partial charge < -0.3 is 15.5 Å². The minimum absolute atomic E-state index is 0.493. The van der Waals surface area contributed by atoms with Crippen molar-refractivity contribution in [2.75, 3.05) is 12.3 Å². The molecule has 0 atom stereocenters. The largest absolute Gasteiger partial charge is 0.445 e. The second kappa shape index (κ2) is 6.49. The molecule has 1 aromatic rings. The van der Waals surface area contributed by atoms with Crippen LogP contribution < -0.4 is 11.1 Å². The number of nitrogens with one attached hydrogen (secondary N) is 1. The molecule has 1 heterocycles. The molecule has 0 spiro atoms. The zero-order chi connectivity index (χ0) is 10.2. The first-order chi connectivity index (χ1) is 6.83. The topological polar surface area (TPSA) is 51.2 Å². The summed E-state index contributed by atoms with van der Waals surface area (Å²) in [5.74, 6) is 1.41. The van der Waals surface area contributed by atoms with Crippen LogP contribution in [-0.4, -0.2) is 6.54 Å². The van der Waals surface area contributed by atoms with Crippen LogP contribution in [0.5, 0.6) is 0 Å². The van der Waals surface area contributed by atoms with Gasteiger partial charge in [-0.15, -0.1) is 0 Å². The first-order valence-corrected chi connectivity index (χ1v) is 5.38. The van der Waals surface area contributed by atoms with Crippen molar-refractivity contribution in [2.24, 2.45) is 0 Å². The number of hydrogen-bond acceptors (Lipinski definition) is 3. The quantitative estimate of drug-likeness (QED) is 0.659. The summed E-state index contributed by atoms with van der Waals surface area (Å²) < 4.78 is 5.23. The molecule has 0 aromatic carbocycles. The van der Waals surface area contributed by atoms with E-state index in [4.69, 9.17) is 10.2 Å². The first-order valence-electron chi connectivity index (χ1n) is 5.38. The third kappa shape index (κ3) is 4.33. The number of nitrogens with two attached hydrogens (primary N) is 1. The van der Waals surface area contributed by atoms with Crippen LogP contribution in [0.4, 0.5) is 5.88 Å². The average Bonchev–Trinajstić information content (AvgIpc) is 2.58. The van der Waals surface area contributed by atoms with E-state index in [1.807, 2.05) is 6.07 Å². The van der Waals surface area contributed by atoms with E-state index >= 15 is 0 Å². The lowest BCUT2D eigenvalue weighted by Gasteiger charge is -2.01. The zero-order valence-electron chi connectivity index (χ0n) is 8.88. The Bertz CT molecular complexity index is 245. The number of nitrogen functional groups attached to an aromatic ring is 1. The van der Waals surface area contributed by atoms with Gasteiger partial charge >= 0.3 is 0 Å². The van der Waals surface area contributed by atoms with Crippen molar-refractivity contribution >= 4 is 5.88 Å².